The van der Waals surface area contributed by atoms with E-state index in [1.165, 1.54) is 12.1 Å². The van der Waals surface area contributed by atoms with Crippen molar-refractivity contribution in [2.75, 3.05) is 13.1 Å². The first-order valence-corrected chi connectivity index (χ1v) is 9.32. The summed E-state index contributed by atoms with van der Waals surface area (Å²) in [5, 5.41) is 17.1. The van der Waals surface area contributed by atoms with Gasteiger partial charge in [-0.3, -0.25) is 14.8 Å². The van der Waals surface area contributed by atoms with Crippen LogP contribution in [0.15, 0.2) is 54.6 Å². The Hall–Kier alpha value is -3.06. The van der Waals surface area contributed by atoms with Crippen molar-refractivity contribution in [1.29, 1.82) is 0 Å². The third-order valence-corrected chi connectivity index (χ3v) is 5.24. The fourth-order valence-electron chi connectivity index (χ4n) is 3.76. The van der Waals surface area contributed by atoms with E-state index in [1.807, 2.05) is 35.2 Å². The number of rotatable bonds is 5. The number of carboxylic acids is 1. The number of benzene rings is 2. The zero-order chi connectivity index (χ0) is 19.5. The van der Waals surface area contributed by atoms with Gasteiger partial charge in [-0.1, -0.05) is 42.5 Å². The Morgan fingerprint density at radius 1 is 1.11 bits per heavy atom. The van der Waals surface area contributed by atoms with Crippen molar-refractivity contribution in [1.82, 2.24) is 20.1 Å². The quantitative estimate of drug-likeness (QED) is 0.707. The number of nitrogens with one attached hydrogen (secondary N) is 1. The molecule has 0 saturated carbocycles. The van der Waals surface area contributed by atoms with Gasteiger partial charge >= 0.3 is 5.97 Å². The van der Waals surface area contributed by atoms with Crippen molar-refractivity contribution in [3.63, 3.8) is 0 Å². The lowest BCUT2D eigenvalue weighted by Gasteiger charge is -2.35. The predicted molar refractivity (Wildman–Crippen MR) is 102 cm³/mol. The molecule has 144 valence electrons. The minimum Gasteiger partial charge on any atom is -0.480 e. The zero-order valence-electron chi connectivity index (χ0n) is 15.3. The summed E-state index contributed by atoms with van der Waals surface area (Å²) in [7, 11) is 0. The molecule has 3 aromatic rings. The molecule has 4 rings (SSSR count). The second kappa shape index (κ2) is 7.90. The fourth-order valence-corrected chi connectivity index (χ4v) is 3.76. The molecule has 0 spiro atoms. The summed E-state index contributed by atoms with van der Waals surface area (Å²) in [6.07, 6.45) is 1.57. The summed E-state index contributed by atoms with van der Waals surface area (Å²) >= 11 is 0. The minimum atomic E-state index is -0.920. The van der Waals surface area contributed by atoms with Crippen molar-refractivity contribution in [3.05, 3.63) is 71.8 Å². The second-order valence-corrected chi connectivity index (χ2v) is 7.01. The van der Waals surface area contributed by atoms with E-state index < -0.39 is 12.0 Å². The lowest BCUT2D eigenvalue weighted by Crippen LogP contribution is -2.39. The third kappa shape index (κ3) is 3.80. The monoisotopic (exact) mass is 380 g/mol. The summed E-state index contributed by atoms with van der Waals surface area (Å²) in [6.45, 7) is 1.25. The number of carbonyl (C=O) groups is 1. The SMILES string of the molecule is O=C(O)C(c1ccc(F)cc1)N1CCC(c2nc(-c3ccccc3)n[nH]2)CC1. The maximum atomic E-state index is 13.2. The highest BCUT2D eigenvalue weighted by Crippen LogP contribution is 2.32. The van der Waals surface area contributed by atoms with E-state index in [9.17, 15) is 14.3 Å². The van der Waals surface area contributed by atoms with E-state index >= 15 is 0 Å². The van der Waals surface area contributed by atoms with Gasteiger partial charge < -0.3 is 5.11 Å². The number of aliphatic carboxylic acids is 1. The number of nitrogens with zero attached hydrogens (tertiary/aromatic N) is 3. The molecule has 6 nitrogen and oxygen atoms in total. The van der Waals surface area contributed by atoms with Crippen LogP contribution in [-0.2, 0) is 4.79 Å². The van der Waals surface area contributed by atoms with E-state index in [0.717, 1.165) is 24.2 Å². The molecule has 0 bridgehead atoms. The molecule has 1 fully saturated rings. The number of hydrogen-bond acceptors (Lipinski definition) is 4. The average Bonchev–Trinajstić information content (AvgIpc) is 3.21. The van der Waals surface area contributed by atoms with E-state index in [0.29, 0.717) is 24.5 Å². The first-order valence-electron chi connectivity index (χ1n) is 9.32. The molecule has 1 aliphatic heterocycles. The van der Waals surface area contributed by atoms with Crippen LogP contribution in [0, 0.1) is 5.82 Å². The number of aromatic amines is 1. The highest BCUT2D eigenvalue weighted by atomic mass is 19.1. The van der Waals surface area contributed by atoms with Crippen LogP contribution >= 0.6 is 0 Å². The van der Waals surface area contributed by atoms with E-state index in [4.69, 9.17) is 0 Å². The Bertz CT molecular complexity index is 935. The van der Waals surface area contributed by atoms with Gasteiger partial charge in [-0.25, -0.2) is 9.37 Å². The molecule has 1 atom stereocenters. The summed E-state index contributed by atoms with van der Waals surface area (Å²) < 4.78 is 13.2. The van der Waals surface area contributed by atoms with Crippen LogP contribution in [0.5, 0.6) is 0 Å². The van der Waals surface area contributed by atoms with Crippen molar-refractivity contribution in [2.45, 2.75) is 24.8 Å². The van der Waals surface area contributed by atoms with Crippen LogP contribution in [0.2, 0.25) is 0 Å². The molecule has 2 aromatic carbocycles. The standard InChI is InChI=1S/C21H21FN4O2/c22-17-8-6-14(7-9-17)18(21(27)28)26-12-10-16(11-13-26)20-23-19(24-25-20)15-4-2-1-3-5-15/h1-9,16,18H,10-13H2,(H,27,28)(H,23,24,25). The fraction of sp³-hybridized carbons (Fsp3) is 0.286. The van der Waals surface area contributed by atoms with Gasteiger partial charge in [0.2, 0.25) is 0 Å². The molecule has 0 aliphatic carbocycles. The topological polar surface area (TPSA) is 82.1 Å². The van der Waals surface area contributed by atoms with Crippen LogP contribution in [0.3, 0.4) is 0 Å². The molecule has 0 radical (unpaired) electrons. The van der Waals surface area contributed by atoms with Crippen molar-refractivity contribution in [3.8, 4) is 11.4 Å². The average molecular weight is 380 g/mol. The molecule has 2 heterocycles. The summed E-state index contributed by atoms with van der Waals surface area (Å²) in [6, 6.07) is 14.7. The molecule has 1 saturated heterocycles. The smallest absolute Gasteiger partial charge is 0.325 e. The molecule has 7 heteroatoms. The second-order valence-electron chi connectivity index (χ2n) is 7.01. The predicted octanol–water partition coefficient (Wildman–Crippen LogP) is 3.62. The van der Waals surface area contributed by atoms with E-state index in [2.05, 4.69) is 15.2 Å². The van der Waals surface area contributed by atoms with Crippen molar-refractivity contribution in [2.24, 2.45) is 0 Å². The maximum Gasteiger partial charge on any atom is 0.325 e. The van der Waals surface area contributed by atoms with E-state index in [1.54, 1.807) is 12.1 Å². The van der Waals surface area contributed by atoms with Crippen molar-refractivity contribution < 1.29 is 14.3 Å². The van der Waals surface area contributed by atoms with E-state index in [-0.39, 0.29) is 11.7 Å². The van der Waals surface area contributed by atoms with Gasteiger partial charge in [0.05, 0.1) is 0 Å². The van der Waals surface area contributed by atoms with Gasteiger partial charge in [-0.2, -0.15) is 5.10 Å². The Labute approximate surface area is 162 Å². The Morgan fingerprint density at radius 3 is 2.43 bits per heavy atom. The number of halogens is 1. The number of piperidine rings is 1. The van der Waals surface area contributed by atoms with Crippen molar-refractivity contribution >= 4 is 5.97 Å². The highest BCUT2D eigenvalue weighted by Gasteiger charge is 2.32. The van der Waals surface area contributed by atoms with Gasteiger partial charge in [0, 0.05) is 11.5 Å². The molecule has 1 aliphatic rings. The number of H-pyrrole nitrogens is 1. The number of hydrogen-bond donors (Lipinski definition) is 2. The zero-order valence-corrected chi connectivity index (χ0v) is 15.3. The maximum absolute atomic E-state index is 13.2. The summed E-state index contributed by atoms with van der Waals surface area (Å²) in [5.74, 6) is 0.436. The van der Waals surface area contributed by atoms with Gasteiger partial charge in [0.15, 0.2) is 5.82 Å². The molecular formula is C21H21FN4O2. The van der Waals surface area contributed by atoms with Crippen LogP contribution in [-0.4, -0.2) is 44.2 Å². The van der Waals surface area contributed by atoms with Gasteiger partial charge in [0.25, 0.3) is 0 Å². The minimum absolute atomic E-state index is 0.212. The van der Waals surface area contributed by atoms with Crippen LogP contribution in [0.1, 0.15) is 36.2 Å². The number of carboxylic acid groups (broad SMARTS) is 1. The lowest BCUT2D eigenvalue weighted by atomic mass is 9.93. The number of likely N-dealkylation sites (tertiary alicyclic amines) is 1. The van der Waals surface area contributed by atoms with Crippen LogP contribution in [0.25, 0.3) is 11.4 Å². The van der Waals surface area contributed by atoms with Crippen LogP contribution in [0.4, 0.5) is 4.39 Å². The first-order chi connectivity index (χ1) is 13.6. The number of aromatic nitrogens is 3. The van der Waals surface area contributed by atoms with Crippen LogP contribution < -0.4 is 0 Å². The summed E-state index contributed by atoms with van der Waals surface area (Å²) in [5.41, 5.74) is 1.56. The molecule has 28 heavy (non-hydrogen) atoms. The van der Waals surface area contributed by atoms with Gasteiger partial charge in [0.1, 0.15) is 17.7 Å². The Kier molecular flexibility index (Phi) is 5.16. The normalized spacial score (nSPS) is 16.8. The third-order valence-electron chi connectivity index (χ3n) is 5.24. The Balaban J connectivity index is 1.44. The molecular weight excluding hydrogens is 359 g/mol. The largest absolute Gasteiger partial charge is 0.480 e. The molecule has 1 aromatic heterocycles. The molecule has 0 amide bonds. The first kappa shape index (κ1) is 18.3. The lowest BCUT2D eigenvalue weighted by molar-refractivity contribution is -0.144. The summed E-state index contributed by atoms with van der Waals surface area (Å²) in [4.78, 5) is 18.4. The molecule has 1 unspecified atom stereocenters. The van der Waals surface area contributed by atoms with Gasteiger partial charge in [-0.15, -0.1) is 0 Å². The van der Waals surface area contributed by atoms with Gasteiger partial charge in [-0.05, 0) is 43.6 Å². The highest BCUT2D eigenvalue weighted by molar-refractivity contribution is 5.75. The molecule has 2 N–H and O–H groups in total. The Morgan fingerprint density at radius 2 is 1.79 bits per heavy atom.